The summed E-state index contributed by atoms with van der Waals surface area (Å²) >= 11 is 0. The van der Waals surface area contributed by atoms with Gasteiger partial charge in [0.15, 0.2) is 0 Å². The minimum absolute atomic E-state index is 0.00425. The second-order valence-electron chi connectivity index (χ2n) is 11.7. The van der Waals surface area contributed by atoms with Gasteiger partial charge in [0.1, 0.15) is 9.84 Å². The highest BCUT2D eigenvalue weighted by atomic mass is 32.2. The number of hydrogen-bond donors (Lipinski definition) is 0. The first-order valence-electron chi connectivity index (χ1n) is 13.1. The number of hydrogen-bond acceptors (Lipinski definition) is 3. The van der Waals surface area contributed by atoms with Gasteiger partial charge in [-0.2, -0.15) is 13.2 Å². The van der Waals surface area contributed by atoms with E-state index in [1.807, 2.05) is 42.2 Å². The van der Waals surface area contributed by atoms with Crippen molar-refractivity contribution in [3.8, 4) is 0 Å². The van der Waals surface area contributed by atoms with Crippen LogP contribution in [0.4, 0.5) is 17.6 Å². The van der Waals surface area contributed by atoms with Gasteiger partial charge in [-0.05, 0) is 67.7 Å². The summed E-state index contributed by atoms with van der Waals surface area (Å²) in [6.07, 6.45) is -2.23. The van der Waals surface area contributed by atoms with Crippen LogP contribution in [0.1, 0.15) is 61.8 Å². The molecule has 0 aromatic heterocycles. The maximum atomic E-state index is 14.9. The molecule has 0 bridgehead atoms. The van der Waals surface area contributed by atoms with Crippen LogP contribution in [0.5, 0.6) is 0 Å². The van der Waals surface area contributed by atoms with Gasteiger partial charge in [-0.15, -0.1) is 0 Å². The lowest BCUT2D eigenvalue weighted by molar-refractivity contribution is -0.228. The number of fused-ring (bicyclic) bond motifs is 3. The molecule has 3 atom stereocenters. The van der Waals surface area contributed by atoms with Crippen LogP contribution in [-0.2, 0) is 38.6 Å². The number of benzene rings is 2. The fourth-order valence-corrected chi connectivity index (χ4v) is 8.50. The SMILES string of the molecule is CC1(C(=O)N2CC[C@@]3(Cc4ccccc4)c4ccc(C(C)(F)C(F)(F)F)cc4CC[C@@H]23)CCS(=O)(=O)CC1. The Kier molecular flexibility index (Phi) is 6.48. The van der Waals surface area contributed by atoms with Gasteiger partial charge in [0.25, 0.3) is 0 Å². The fraction of sp³-hybridized carbons (Fsp3) is 0.552. The van der Waals surface area contributed by atoms with Crippen LogP contribution in [0.15, 0.2) is 48.5 Å². The van der Waals surface area contributed by atoms with E-state index in [0.717, 1.165) is 11.1 Å². The molecule has 3 aliphatic rings. The van der Waals surface area contributed by atoms with Gasteiger partial charge in [0, 0.05) is 23.4 Å². The molecular weight excluding hydrogens is 518 g/mol. The molecule has 2 saturated heterocycles. The third kappa shape index (κ3) is 4.44. The Bertz CT molecular complexity index is 1330. The van der Waals surface area contributed by atoms with Gasteiger partial charge in [-0.1, -0.05) is 55.5 Å². The Labute approximate surface area is 221 Å². The number of amides is 1. The van der Waals surface area contributed by atoms with Gasteiger partial charge in [0.2, 0.25) is 11.6 Å². The third-order valence-electron chi connectivity index (χ3n) is 9.29. The maximum Gasteiger partial charge on any atom is 0.426 e. The molecule has 0 spiro atoms. The molecule has 5 rings (SSSR count). The van der Waals surface area contributed by atoms with E-state index in [9.17, 15) is 30.8 Å². The minimum atomic E-state index is -5.03. The van der Waals surface area contributed by atoms with E-state index in [4.69, 9.17) is 0 Å². The summed E-state index contributed by atoms with van der Waals surface area (Å²) in [5, 5.41) is 0. The molecule has 0 radical (unpaired) electrons. The maximum absolute atomic E-state index is 14.9. The number of nitrogens with zero attached hydrogens (tertiary/aromatic N) is 1. The molecule has 2 fully saturated rings. The first kappa shape index (κ1) is 27.2. The van der Waals surface area contributed by atoms with Crippen LogP contribution < -0.4 is 0 Å². The highest BCUT2D eigenvalue weighted by Gasteiger charge is 2.57. The summed E-state index contributed by atoms with van der Waals surface area (Å²) in [6, 6.07) is 13.9. The summed E-state index contributed by atoms with van der Waals surface area (Å²) in [5.74, 6) is -0.0494. The Morgan fingerprint density at radius 1 is 1.03 bits per heavy atom. The monoisotopic (exact) mass is 551 g/mol. The number of likely N-dealkylation sites (tertiary alicyclic amines) is 1. The second-order valence-corrected chi connectivity index (χ2v) is 14.0. The number of sulfone groups is 1. The zero-order valence-electron chi connectivity index (χ0n) is 21.7. The summed E-state index contributed by atoms with van der Waals surface area (Å²) < 4.78 is 79.4. The molecule has 1 unspecified atom stereocenters. The van der Waals surface area contributed by atoms with E-state index in [1.54, 1.807) is 6.07 Å². The lowest BCUT2D eigenvalue weighted by Gasteiger charge is -2.46. The van der Waals surface area contributed by atoms with E-state index in [0.29, 0.717) is 44.7 Å². The van der Waals surface area contributed by atoms with Crippen LogP contribution in [0.3, 0.4) is 0 Å². The van der Waals surface area contributed by atoms with E-state index in [-0.39, 0.29) is 36.3 Å². The number of rotatable bonds is 4. The fourth-order valence-electron chi connectivity index (χ4n) is 6.77. The lowest BCUT2D eigenvalue weighted by Crippen LogP contribution is -2.53. The van der Waals surface area contributed by atoms with Crippen molar-refractivity contribution in [3.05, 3.63) is 70.8 Å². The Balaban J connectivity index is 1.54. The van der Waals surface area contributed by atoms with E-state index < -0.39 is 38.1 Å². The first-order valence-corrected chi connectivity index (χ1v) is 15.0. The van der Waals surface area contributed by atoms with Crippen molar-refractivity contribution in [1.82, 2.24) is 4.90 Å². The van der Waals surface area contributed by atoms with E-state index in [1.165, 1.54) is 12.1 Å². The predicted molar refractivity (Wildman–Crippen MR) is 137 cm³/mol. The molecule has 0 N–H and O–H groups in total. The molecule has 2 aromatic rings. The van der Waals surface area contributed by atoms with Crippen molar-refractivity contribution in [2.45, 2.75) is 75.7 Å². The molecule has 2 aromatic carbocycles. The number of carbonyl (C=O) groups excluding carboxylic acids is 1. The topological polar surface area (TPSA) is 54.5 Å². The standard InChI is InChI=1S/C29H33F4NO3S/c1-26(13-16-38(36,37)17-14-26)25(35)34-15-12-28(19-20-6-4-3-5-7-20)23-10-9-22(27(2,30)29(31,32)33)18-21(23)8-11-24(28)34/h3-7,9-10,18,24H,8,11-17,19H2,1-2H3/t24-,27?,28-/m1/s1. The zero-order valence-corrected chi connectivity index (χ0v) is 22.5. The highest BCUT2D eigenvalue weighted by Crippen LogP contribution is 2.52. The van der Waals surface area contributed by atoms with E-state index >= 15 is 0 Å². The van der Waals surface area contributed by atoms with Crippen molar-refractivity contribution in [2.24, 2.45) is 5.41 Å². The van der Waals surface area contributed by atoms with Crippen molar-refractivity contribution in [2.75, 3.05) is 18.1 Å². The zero-order chi connectivity index (χ0) is 27.6. The van der Waals surface area contributed by atoms with Crippen LogP contribution in [0.2, 0.25) is 0 Å². The lowest BCUT2D eigenvalue weighted by atomic mass is 9.63. The first-order chi connectivity index (χ1) is 17.7. The Morgan fingerprint density at radius 3 is 2.32 bits per heavy atom. The van der Waals surface area contributed by atoms with Crippen LogP contribution in [-0.4, -0.2) is 49.5 Å². The number of carbonyl (C=O) groups is 1. The average molecular weight is 552 g/mol. The number of halogens is 4. The summed E-state index contributed by atoms with van der Waals surface area (Å²) in [4.78, 5) is 15.9. The quantitative estimate of drug-likeness (QED) is 0.460. The van der Waals surface area contributed by atoms with Gasteiger partial charge < -0.3 is 4.90 Å². The number of alkyl halides is 4. The summed E-state index contributed by atoms with van der Waals surface area (Å²) in [6.45, 7) is 2.90. The molecule has 0 saturated carbocycles. The average Bonchev–Trinajstić information content (AvgIpc) is 3.24. The predicted octanol–water partition coefficient (Wildman–Crippen LogP) is 5.68. The Hall–Kier alpha value is -2.42. The van der Waals surface area contributed by atoms with Gasteiger partial charge in [-0.3, -0.25) is 4.79 Å². The molecule has 206 valence electrons. The smallest absolute Gasteiger partial charge is 0.338 e. The van der Waals surface area contributed by atoms with Crippen molar-refractivity contribution >= 4 is 15.7 Å². The van der Waals surface area contributed by atoms with E-state index in [2.05, 4.69) is 0 Å². The third-order valence-corrected chi connectivity index (χ3v) is 10.9. The summed E-state index contributed by atoms with van der Waals surface area (Å²) in [5.41, 5.74) is -2.51. The highest BCUT2D eigenvalue weighted by molar-refractivity contribution is 7.91. The molecule has 1 aliphatic carbocycles. The van der Waals surface area contributed by atoms with Gasteiger partial charge >= 0.3 is 6.18 Å². The van der Waals surface area contributed by atoms with Crippen molar-refractivity contribution < 1.29 is 30.8 Å². The van der Waals surface area contributed by atoms with Crippen LogP contribution in [0, 0.1) is 5.41 Å². The molecule has 38 heavy (non-hydrogen) atoms. The van der Waals surface area contributed by atoms with Crippen LogP contribution in [0.25, 0.3) is 0 Å². The summed E-state index contributed by atoms with van der Waals surface area (Å²) in [7, 11) is -3.14. The number of aryl methyl sites for hydroxylation is 1. The minimum Gasteiger partial charge on any atom is -0.338 e. The largest absolute Gasteiger partial charge is 0.426 e. The molecule has 1 amide bonds. The second kappa shape index (κ2) is 9.07. The van der Waals surface area contributed by atoms with Crippen LogP contribution >= 0.6 is 0 Å². The molecule has 9 heteroatoms. The van der Waals surface area contributed by atoms with Crippen molar-refractivity contribution in [1.29, 1.82) is 0 Å². The molecule has 4 nitrogen and oxygen atoms in total. The molecule has 2 heterocycles. The van der Waals surface area contributed by atoms with Gasteiger partial charge in [-0.25, -0.2) is 12.8 Å². The normalized spacial score (nSPS) is 27.7. The Morgan fingerprint density at radius 2 is 1.68 bits per heavy atom. The van der Waals surface area contributed by atoms with Crippen molar-refractivity contribution in [3.63, 3.8) is 0 Å². The molecular formula is C29H33F4NO3S. The van der Waals surface area contributed by atoms with Gasteiger partial charge in [0.05, 0.1) is 11.5 Å². The molecule has 2 aliphatic heterocycles.